The first kappa shape index (κ1) is 30.8. The van der Waals surface area contributed by atoms with E-state index in [-0.39, 0.29) is 31.0 Å². The van der Waals surface area contributed by atoms with Crippen LogP contribution in [0.3, 0.4) is 0 Å². The van der Waals surface area contributed by atoms with E-state index in [1.165, 1.54) is 18.1 Å². The maximum absolute atomic E-state index is 13.1. The third-order valence-corrected chi connectivity index (χ3v) is 8.48. The van der Waals surface area contributed by atoms with Crippen molar-refractivity contribution in [2.45, 2.75) is 57.3 Å². The minimum Gasteiger partial charge on any atom is -0.496 e. The van der Waals surface area contributed by atoms with Crippen LogP contribution in [0.1, 0.15) is 34.2 Å². The number of benzene rings is 2. The highest BCUT2D eigenvalue weighted by molar-refractivity contribution is 7.89. The molecule has 2 amide bonds. The molecule has 216 valence electrons. The first-order valence-corrected chi connectivity index (χ1v) is 14.1. The fourth-order valence-electron chi connectivity index (χ4n) is 4.57. The maximum Gasteiger partial charge on any atom is 0.308 e. The first-order chi connectivity index (χ1) is 18.9. The number of rotatable bonds is 12. The number of ether oxygens (including phenoxy) is 2. The number of aliphatic hydroxyl groups excluding tert-OH is 1. The second-order valence-electron chi connectivity index (χ2n) is 9.52. The molecule has 2 aromatic carbocycles. The number of hydrogen-bond donors (Lipinski definition) is 3. The van der Waals surface area contributed by atoms with Gasteiger partial charge in [-0.3, -0.25) is 14.4 Å². The summed E-state index contributed by atoms with van der Waals surface area (Å²) in [5, 5.41) is 12.2. The van der Waals surface area contributed by atoms with Crippen LogP contribution in [0.15, 0.2) is 47.9 Å². The van der Waals surface area contributed by atoms with Crippen LogP contribution in [0.5, 0.6) is 5.75 Å². The van der Waals surface area contributed by atoms with Gasteiger partial charge in [-0.05, 0) is 54.7 Å². The molecule has 0 unspecified atom stereocenters. The number of carbonyl (C=O) groups excluding carboxylic acids is 3. The van der Waals surface area contributed by atoms with E-state index in [1.807, 2.05) is 0 Å². The zero-order valence-electron chi connectivity index (χ0n) is 23.0. The minimum atomic E-state index is -3.82. The lowest BCUT2D eigenvalue weighted by Crippen LogP contribution is -2.64. The molecule has 1 fully saturated rings. The summed E-state index contributed by atoms with van der Waals surface area (Å²) in [6.07, 6.45) is 1.04. The largest absolute Gasteiger partial charge is 0.496 e. The van der Waals surface area contributed by atoms with Crippen LogP contribution in [0.4, 0.5) is 0 Å². The third-order valence-electron chi connectivity index (χ3n) is 6.79. The fraction of sp³-hybridized carbons (Fsp3) is 0.393. The molecule has 1 saturated heterocycles. The molecule has 2 aromatic rings. The van der Waals surface area contributed by atoms with E-state index < -0.39 is 46.5 Å². The number of methoxy groups -OCH3 is 1. The van der Waals surface area contributed by atoms with Crippen molar-refractivity contribution in [1.29, 1.82) is 0 Å². The Morgan fingerprint density at radius 1 is 1.15 bits per heavy atom. The zero-order valence-corrected chi connectivity index (χ0v) is 23.8. The van der Waals surface area contributed by atoms with Gasteiger partial charge in [0.05, 0.1) is 25.0 Å². The van der Waals surface area contributed by atoms with Crippen molar-refractivity contribution in [1.82, 2.24) is 14.9 Å². The highest BCUT2D eigenvalue weighted by atomic mass is 32.2. The van der Waals surface area contributed by atoms with Gasteiger partial charge >= 0.3 is 5.97 Å². The quantitative estimate of drug-likeness (QED) is 0.255. The summed E-state index contributed by atoms with van der Waals surface area (Å²) in [5.41, 5.74) is 3.26. The van der Waals surface area contributed by atoms with E-state index in [2.05, 4.69) is 16.6 Å². The molecular formula is C28H35N3O8S. The van der Waals surface area contributed by atoms with E-state index in [0.717, 1.165) is 5.56 Å². The second-order valence-corrected chi connectivity index (χ2v) is 11.2. The zero-order chi connectivity index (χ0) is 29.6. The Morgan fingerprint density at radius 3 is 2.40 bits per heavy atom. The average molecular weight is 574 g/mol. The van der Waals surface area contributed by atoms with Crippen LogP contribution in [0.2, 0.25) is 0 Å². The van der Waals surface area contributed by atoms with E-state index in [4.69, 9.17) is 9.47 Å². The SMILES string of the molecule is C=CCOC(=O)C[C@H]1NC(=O)[C@H](CO)N(Cc2ccc(CNS(=O)(=O)c3c(C)cc(OC)c(C)c3C)cc2)C1=O. The standard InChI is InChI=1S/C28H35N3O8S/c1-6-11-39-25(33)13-22-28(35)31(23(16-32)27(34)30-22)15-21-9-7-20(8-10-21)14-29-40(36,37)26-17(2)12-24(38-5)18(3)19(26)4/h6-10,12,22-23,29,32H,1,11,13-16H2,2-5H3,(H,30,34)/t22-,23+/m1/s1. The molecule has 11 nitrogen and oxygen atoms in total. The molecule has 3 rings (SSSR count). The van der Waals surface area contributed by atoms with Gasteiger partial charge < -0.3 is 24.8 Å². The van der Waals surface area contributed by atoms with Crippen LogP contribution in [0.25, 0.3) is 0 Å². The third kappa shape index (κ3) is 6.87. The number of esters is 1. The number of aliphatic hydroxyl groups is 1. The molecule has 3 N–H and O–H groups in total. The van der Waals surface area contributed by atoms with Crippen LogP contribution in [-0.2, 0) is 42.2 Å². The van der Waals surface area contributed by atoms with Gasteiger partial charge in [-0.15, -0.1) is 0 Å². The molecule has 2 atom stereocenters. The van der Waals surface area contributed by atoms with Crippen LogP contribution >= 0.6 is 0 Å². The summed E-state index contributed by atoms with van der Waals surface area (Å²) >= 11 is 0. The molecule has 1 aliphatic heterocycles. The summed E-state index contributed by atoms with van der Waals surface area (Å²) in [6.45, 7) is 8.16. The molecule has 0 spiro atoms. The number of nitrogens with one attached hydrogen (secondary N) is 2. The Bertz CT molecular complexity index is 1390. The number of piperazine rings is 1. The number of nitrogens with zero attached hydrogens (tertiary/aromatic N) is 1. The Balaban J connectivity index is 1.71. The van der Waals surface area contributed by atoms with Crippen molar-refractivity contribution < 1.29 is 37.4 Å². The highest BCUT2D eigenvalue weighted by Gasteiger charge is 2.41. The summed E-state index contributed by atoms with van der Waals surface area (Å²) in [4.78, 5) is 39.0. The van der Waals surface area contributed by atoms with E-state index in [0.29, 0.717) is 28.0 Å². The molecule has 1 heterocycles. The Hall–Kier alpha value is -3.74. The van der Waals surface area contributed by atoms with Gasteiger partial charge in [-0.25, -0.2) is 13.1 Å². The van der Waals surface area contributed by atoms with Gasteiger partial charge in [0.15, 0.2) is 0 Å². The summed E-state index contributed by atoms with van der Waals surface area (Å²) < 4.78 is 39.2. The van der Waals surface area contributed by atoms with Crippen molar-refractivity contribution in [3.8, 4) is 5.75 Å². The maximum atomic E-state index is 13.1. The first-order valence-electron chi connectivity index (χ1n) is 12.6. The van der Waals surface area contributed by atoms with Crippen molar-refractivity contribution in [2.24, 2.45) is 0 Å². The number of hydrogen-bond acceptors (Lipinski definition) is 8. The van der Waals surface area contributed by atoms with E-state index >= 15 is 0 Å². The lowest BCUT2D eigenvalue weighted by Gasteiger charge is -2.38. The van der Waals surface area contributed by atoms with Gasteiger partial charge in [0.2, 0.25) is 21.8 Å². The lowest BCUT2D eigenvalue weighted by molar-refractivity contribution is -0.155. The molecule has 0 radical (unpaired) electrons. The van der Waals surface area contributed by atoms with Crippen LogP contribution in [-0.4, -0.2) is 68.6 Å². The molecule has 0 bridgehead atoms. The molecule has 0 saturated carbocycles. The predicted octanol–water partition coefficient (Wildman–Crippen LogP) is 1.41. The Kier molecular flexibility index (Phi) is 10.1. The smallest absolute Gasteiger partial charge is 0.308 e. The van der Waals surface area contributed by atoms with Crippen LogP contribution < -0.4 is 14.8 Å². The van der Waals surface area contributed by atoms with Crippen molar-refractivity contribution in [3.63, 3.8) is 0 Å². The minimum absolute atomic E-state index is 0.00517. The van der Waals surface area contributed by atoms with E-state index in [1.54, 1.807) is 51.1 Å². The molecule has 0 aromatic heterocycles. The number of carbonyl (C=O) groups is 3. The molecular weight excluding hydrogens is 538 g/mol. The topological polar surface area (TPSA) is 151 Å². The predicted molar refractivity (Wildman–Crippen MR) is 147 cm³/mol. The molecule has 0 aliphatic carbocycles. The van der Waals surface area contributed by atoms with Crippen molar-refractivity contribution >= 4 is 27.8 Å². The van der Waals surface area contributed by atoms with Gasteiger partial charge in [0, 0.05) is 13.1 Å². The highest BCUT2D eigenvalue weighted by Crippen LogP contribution is 2.30. The Morgan fingerprint density at radius 2 is 1.80 bits per heavy atom. The van der Waals surface area contributed by atoms with Gasteiger partial charge in [0.1, 0.15) is 24.4 Å². The Labute approximate surface area is 234 Å². The monoisotopic (exact) mass is 573 g/mol. The summed E-state index contributed by atoms with van der Waals surface area (Å²) in [6, 6.07) is 6.31. The number of amides is 2. The second kappa shape index (κ2) is 13.1. The normalized spacial score (nSPS) is 17.4. The summed E-state index contributed by atoms with van der Waals surface area (Å²) in [7, 11) is -2.28. The van der Waals surface area contributed by atoms with Gasteiger partial charge in [-0.2, -0.15) is 0 Å². The van der Waals surface area contributed by atoms with Crippen LogP contribution in [0, 0.1) is 20.8 Å². The number of sulfonamides is 1. The molecule has 12 heteroatoms. The van der Waals surface area contributed by atoms with Gasteiger partial charge in [-0.1, -0.05) is 36.9 Å². The molecule has 1 aliphatic rings. The van der Waals surface area contributed by atoms with Gasteiger partial charge in [0.25, 0.3) is 0 Å². The van der Waals surface area contributed by atoms with Crippen molar-refractivity contribution in [3.05, 3.63) is 70.8 Å². The average Bonchev–Trinajstić information content (AvgIpc) is 2.91. The fourth-order valence-corrected chi connectivity index (χ4v) is 6.11. The van der Waals surface area contributed by atoms with Crippen molar-refractivity contribution in [2.75, 3.05) is 20.3 Å². The lowest BCUT2D eigenvalue weighted by atomic mass is 10.0. The number of aryl methyl sites for hydroxylation is 1. The summed E-state index contributed by atoms with van der Waals surface area (Å²) in [5.74, 6) is -1.14. The van der Waals surface area contributed by atoms with E-state index in [9.17, 15) is 27.9 Å². The molecule has 40 heavy (non-hydrogen) atoms.